The lowest BCUT2D eigenvalue weighted by Crippen LogP contribution is -2.31. The van der Waals surface area contributed by atoms with E-state index in [2.05, 4.69) is 36.4 Å². The van der Waals surface area contributed by atoms with E-state index in [9.17, 15) is 10.2 Å². The minimum atomic E-state index is -1.15. The van der Waals surface area contributed by atoms with Crippen molar-refractivity contribution in [3.05, 3.63) is 155 Å². The summed E-state index contributed by atoms with van der Waals surface area (Å²) in [5.41, 5.74) is 3.66. The Balaban J connectivity index is 1.83. The normalized spacial score (nSPS) is 16.7. The lowest BCUT2D eigenvalue weighted by Gasteiger charge is -2.35. The molecule has 4 aromatic rings. The third-order valence-electron chi connectivity index (χ3n) is 7.23. The molecule has 2 heteroatoms. The Labute approximate surface area is 215 Å². The molecule has 0 saturated carbocycles. The van der Waals surface area contributed by atoms with Gasteiger partial charge in [-0.2, -0.15) is 0 Å². The molecule has 0 aliphatic carbocycles. The van der Waals surface area contributed by atoms with Gasteiger partial charge in [-0.15, -0.1) is 0 Å². The number of rotatable bonds is 8. The van der Waals surface area contributed by atoms with Crippen LogP contribution >= 0.6 is 0 Å². The molecule has 36 heavy (non-hydrogen) atoms. The summed E-state index contributed by atoms with van der Waals surface area (Å²) in [5.74, 6) is -0.639. The molecule has 0 bridgehead atoms. The quantitative estimate of drug-likeness (QED) is 0.258. The van der Waals surface area contributed by atoms with Gasteiger partial charge in [0, 0.05) is 11.8 Å². The standard InChI is InChI=1S/C34H36O2/c1-25-13-11-19-29(23-25)33(3,35)31(27-15-7-5-8-16-27)21-22-32(28-17-9-6-10-18-28)34(4,36)30-20-12-14-26(2)24-30/h5-24,31-32,35-36H,1-4H3/b22-21-/t31-,32+,33-,34-/m0/s1. The molecule has 4 aromatic carbocycles. The van der Waals surface area contributed by atoms with Crippen LogP contribution in [0.25, 0.3) is 0 Å². The van der Waals surface area contributed by atoms with Crippen LogP contribution < -0.4 is 0 Å². The molecule has 0 unspecified atom stereocenters. The van der Waals surface area contributed by atoms with Gasteiger partial charge in [0.25, 0.3) is 0 Å². The topological polar surface area (TPSA) is 40.5 Å². The second kappa shape index (κ2) is 10.7. The summed E-state index contributed by atoms with van der Waals surface area (Å²) in [5, 5.41) is 23.9. The second-order valence-corrected chi connectivity index (χ2v) is 10.2. The van der Waals surface area contributed by atoms with Crippen molar-refractivity contribution in [1.82, 2.24) is 0 Å². The number of aliphatic hydroxyl groups is 2. The van der Waals surface area contributed by atoms with E-state index in [1.165, 1.54) is 0 Å². The Hall–Kier alpha value is -3.46. The van der Waals surface area contributed by atoms with E-state index in [-0.39, 0.29) is 11.8 Å². The molecule has 0 aromatic heterocycles. The van der Waals surface area contributed by atoms with Crippen LogP contribution in [0.3, 0.4) is 0 Å². The van der Waals surface area contributed by atoms with E-state index in [0.29, 0.717) is 0 Å². The van der Waals surface area contributed by atoms with E-state index < -0.39 is 11.2 Å². The van der Waals surface area contributed by atoms with Gasteiger partial charge in [-0.1, -0.05) is 132 Å². The zero-order valence-electron chi connectivity index (χ0n) is 21.6. The zero-order valence-corrected chi connectivity index (χ0v) is 21.6. The SMILES string of the molecule is Cc1cccc([C@](C)(O)[C@H](/C=C\[C@@H](c2ccccc2)[C@@](C)(O)c2cccc(C)c2)c2ccccc2)c1. The van der Waals surface area contributed by atoms with Gasteiger partial charge >= 0.3 is 0 Å². The van der Waals surface area contributed by atoms with Crippen LogP contribution in [0.15, 0.2) is 121 Å². The minimum absolute atomic E-state index is 0.319. The predicted octanol–water partition coefficient (Wildman–Crippen LogP) is 7.54. The summed E-state index contributed by atoms with van der Waals surface area (Å²) in [4.78, 5) is 0. The van der Waals surface area contributed by atoms with E-state index in [1.54, 1.807) is 0 Å². The molecule has 4 atom stereocenters. The van der Waals surface area contributed by atoms with Crippen LogP contribution in [0.1, 0.15) is 59.1 Å². The summed E-state index contributed by atoms with van der Waals surface area (Å²) in [7, 11) is 0. The molecule has 0 fully saturated rings. The van der Waals surface area contributed by atoms with Crippen LogP contribution in [0.2, 0.25) is 0 Å². The fourth-order valence-corrected chi connectivity index (χ4v) is 5.07. The van der Waals surface area contributed by atoms with E-state index >= 15 is 0 Å². The van der Waals surface area contributed by atoms with Gasteiger partial charge in [-0.25, -0.2) is 0 Å². The zero-order chi connectivity index (χ0) is 25.8. The molecule has 0 heterocycles. The maximum Gasteiger partial charge on any atom is 0.0971 e. The number of hydrogen-bond donors (Lipinski definition) is 2. The van der Waals surface area contributed by atoms with E-state index in [1.807, 2.05) is 113 Å². The molecule has 4 rings (SSSR count). The molecule has 0 aliphatic heterocycles. The van der Waals surface area contributed by atoms with Crippen LogP contribution in [0, 0.1) is 13.8 Å². The third-order valence-corrected chi connectivity index (χ3v) is 7.23. The highest BCUT2D eigenvalue weighted by molar-refractivity contribution is 5.39. The van der Waals surface area contributed by atoms with E-state index in [4.69, 9.17) is 0 Å². The van der Waals surface area contributed by atoms with Crippen molar-refractivity contribution >= 4 is 0 Å². The predicted molar refractivity (Wildman–Crippen MR) is 149 cm³/mol. The van der Waals surface area contributed by atoms with Crippen LogP contribution in [0.5, 0.6) is 0 Å². The second-order valence-electron chi connectivity index (χ2n) is 10.2. The van der Waals surface area contributed by atoms with Crippen molar-refractivity contribution in [2.75, 3.05) is 0 Å². The summed E-state index contributed by atoms with van der Waals surface area (Å²) in [6.07, 6.45) is 4.14. The van der Waals surface area contributed by atoms with Gasteiger partial charge in [0.15, 0.2) is 0 Å². The average Bonchev–Trinajstić information content (AvgIpc) is 2.87. The summed E-state index contributed by atoms with van der Waals surface area (Å²) < 4.78 is 0. The largest absolute Gasteiger partial charge is 0.384 e. The maximum atomic E-state index is 11.9. The Morgan fingerprint density at radius 3 is 1.22 bits per heavy atom. The van der Waals surface area contributed by atoms with E-state index in [0.717, 1.165) is 33.4 Å². The summed E-state index contributed by atoms with van der Waals surface area (Å²) >= 11 is 0. The maximum absolute atomic E-state index is 11.9. The van der Waals surface area contributed by atoms with Gasteiger partial charge in [0.1, 0.15) is 0 Å². The Morgan fingerprint density at radius 2 is 0.889 bits per heavy atom. The summed E-state index contributed by atoms with van der Waals surface area (Å²) in [6.45, 7) is 7.83. The van der Waals surface area contributed by atoms with Gasteiger partial charge in [-0.05, 0) is 49.9 Å². The Bertz CT molecular complexity index is 1200. The Morgan fingerprint density at radius 1 is 0.528 bits per heavy atom. The number of aryl methyl sites for hydroxylation is 2. The van der Waals surface area contributed by atoms with Crippen LogP contribution in [-0.2, 0) is 11.2 Å². The fraction of sp³-hybridized carbons (Fsp3) is 0.235. The van der Waals surface area contributed by atoms with Crippen molar-refractivity contribution in [1.29, 1.82) is 0 Å². The highest BCUT2D eigenvalue weighted by atomic mass is 16.3. The number of benzene rings is 4. The molecule has 0 spiro atoms. The van der Waals surface area contributed by atoms with Gasteiger partial charge < -0.3 is 10.2 Å². The molecule has 0 aliphatic rings. The lowest BCUT2D eigenvalue weighted by molar-refractivity contribution is 0.0360. The fourth-order valence-electron chi connectivity index (χ4n) is 5.07. The smallest absolute Gasteiger partial charge is 0.0971 e. The van der Waals surface area contributed by atoms with Crippen molar-refractivity contribution in [2.24, 2.45) is 0 Å². The summed E-state index contributed by atoms with van der Waals surface area (Å²) in [6, 6.07) is 36.3. The first-order valence-corrected chi connectivity index (χ1v) is 12.6. The molecule has 0 amide bonds. The molecule has 2 nitrogen and oxygen atoms in total. The first-order chi connectivity index (χ1) is 17.2. The minimum Gasteiger partial charge on any atom is -0.384 e. The Kier molecular flexibility index (Phi) is 7.59. The van der Waals surface area contributed by atoms with Gasteiger partial charge in [-0.3, -0.25) is 0 Å². The highest BCUT2D eigenvalue weighted by Gasteiger charge is 2.36. The molecular weight excluding hydrogens is 440 g/mol. The molecule has 0 radical (unpaired) electrons. The highest BCUT2D eigenvalue weighted by Crippen LogP contribution is 2.42. The first-order valence-electron chi connectivity index (χ1n) is 12.6. The van der Waals surface area contributed by atoms with Gasteiger partial charge in [0.2, 0.25) is 0 Å². The molecule has 184 valence electrons. The van der Waals surface area contributed by atoms with Crippen LogP contribution in [0.4, 0.5) is 0 Å². The first kappa shape index (κ1) is 25.6. The number of hydrogen-bond acceptors (Lipinski definition) is 2. The van der Waals surface area contributed by atoms with Crippen molar-refractivity contribution < 1.29 is 10.2 Å². The van der Waals surface area contributed by atoms with Crippen molar-refractivity contribution in [3.63, 3.8) is 0 Å². The van der Waals surface area contributed by atoms with Crippen LogP contribution in [-0.4, -0.2) is 10.2 Å². The molecule has 0 saturated heterocycles. The average molecular weight is 477 g/mol. The third kappa shape index (κ3) is 5.51. The molecular formula is C34H36O2. The van der Waals surface area contributed by atoms with Crippen molar-refractivity contribution in [3.8, 4) is 0 Å². The van der Waals surface area contributed by atoms with Gasteiger partial charge in [0.05, 0.1) is 11.2 Å². The van der Waals surface area contributed by atoms with Crippen molar-refractivity contribution in [2.45, 2.75) is 50.7 Å². The monoisotopic (exact) mass is 476 g/mol. The lowest BCUT2D eigenvalue weighted by atomic mass is 9.74. The molecule has 2 N–H and O–H groups in total.